The molecular formula is C23H27N9O. The lowest BCUT2D eigenvalue weighted by Crippen LogP contribution is -2.45. The first-order valence-corrected chi connectivity index (χ1v) is 10.9. The van der Waals surface area contributed by atoms with Crippen LogP contribution in [0.15, 0.2) is 41.5 Å². The minimum atomic E-state index is -0.227. The smallest absolute Gasteiger partial charge is 0.323 e. The number of H-pyrrole nitrogens is 2. The van der Waals surface area contributed by atoms with Gasteiger partial charge in [-0.1, -0.05) is 0 Å². The predicted octanol–water partition coefficient (Wildman–Crippen LogP) is 2.90. The summed E-state index contributed by atoms with van der Waals surface area (Å²) in [5.74, 6) is 2.19. The molecule has 33 heavy (non-hydrogen) atoms. The van der Waals surface area contributed by atoms with Crippen molar-refractivity contribution in [2.45, 2.75) is 13.8 Å². The Morgan fingerprint density at radius 3 is 2.45 bits per heavy atom. The van der Waals surface area contributed by atoms with Crippen LogP contribution in [0.3, 0.4) is 0 Å². The van der Waals surface area contributed by atoms with Crippen LogP contribution in [0.4, 0.5) is 29.0 Å². The van der Waals surface area contributed by atoms with Crippen LogP contribution in [-0.2, 0) is 0 Å². The number of benzene rings is 1. The van der Waals surface area contributed by atoms with Gasteiger partial charge in [0.15, 0.2) is 0 Å². The van der Waals surface area contributed by atoms with Crippen LogP contribution in [-0.4, -0.2) is 63.0 Å². The maximum atomic E-state index is 11.5. The standard InChI is InChI=1S/C23H27N9O/c1-14-10-17(13-24-21(14)32-8-6-31(3)7-9-32)27-22-25-12-15(2)20(30-22)26-16-4-5-18-19(11-16)29-23(33)28-18/h4-5,10-13H,6-9H2,1-3H3,(H2,28,29,33)(H2,25,26,27,30). The SMILES string of the molecule is Cc1cnc(Nc2cnc(N3CCN(C)CC3)c(C)c2)nc1Nc1ccc2[nH]c(=O)[nH]c2c1. The fourth-order valence-corrected chi connectivity index (χ4v) is 3.99. The van der Waals surface area contributed by atoms with Crippen molar-refractivity contribution in [1.82, 2.24) is 29.8 Å². The average molecular weight is 446 g/mol. The number of fused-ring (bicyclic) bond motifs is 1. The van der Waals surface area contributed by atoms with Gasteiger partial charge >= 0.3 is 5.69 Å². The van der Waals surface area contributed by atoms with E-state index < -0.39 is 0 Å². The van der Waals surface area contributed by atoms with E-state index in [1.54, 1.807) is 6.20 Å². The van der Waals surface area contributed by atoms with Gasteiger partial charge in [0.2, 0.25) is 5.95 Å². The van der Waals surface area contributed by atoms with Gasteiger partial charge in [0.25, 0.3) is 0 Å². The van der Waals surface area contributed by atoms with Gasteiger partial charge < -0.3 is 30.4 Å². The van der Waals surface area contributed by atoms with Crippen molar-refractivity contribution >= 4 is 40.0 Å². The summed E-state index contributed by atoms with van der Waals surface area (Å²) in [6.07, 6.45) is 3.60. The molecule has 4 N–H and O–H groups in total. The third kappa shape index (κ3) is 4.51. The molecule has 10 heteroatoms. The number of piperazine rings is 1. The van der Waals surface area contributed by atoms with Gasteiger partial charge in [0.1, 0.15) is 11.6 Å². The Bertz CT molecular complexity index is 1350. The van der Waals surface area contributed by atoms with E-state index in [9.17, 15) is 4.79 Å². The fourth-order valence-electron chi connectivity index (χ4n) is 3.99. The van der Waals surface area contributed by atoms with Crippen molar-refractivity contribution in [2.75, 3.05) is 48.8 Å². The van der Waals surface area contributed by atoms with E-state index in [4.69, 9.17) is 4.98 Å². The molecule has 0 bridgehead atoms. The highest BCUT2D eigenvalue weighted by atomic mass is 16.1. The summed E-state index contributed by atoms with van der Waals surface area (Å²) >= 11 is 0. The molecule has 0 aliphatic carbocycles. The zero-order valence-electron chi connectivity index (χ0n) is 18.9. The average Bonchev–Trinajstić information content (AvgIpc) is 3.16. The van der Waals surface area contributed by atoms with Crippen molar-refractivity contribution in [3.63, 3.8) is 0 Å². The number of imidazole rings is 1. The number of aromatic nitrogens is 5. The van der Waals surface area contributed by atoms with E-state index >= 15 is 0 Å². The number of rotatable bonds is 5. The maximum absolute atomic E-state index is 11.5. The van der Waals surface area contributed by atoms with Crippen LogP contribution in [0.5, 0.6) is 0 Å². The Morgan fingerprint density at radius 2 is 1.67 bits per heavy atom. The molecule has 0 atom stereocenters. The van der Waals surface area contributed by atoms with E-state index in [1.165, 1.54) is 0 Å². The molecule has 5 rings (SSSR count). The molecule has 1 saturated heterocycles. The van der Waals surface area contributed by atoms with Crippen molar-refractivity contribution in [2.24, 2.45) is 0 Å². The van der Waals surface area contributed by atoms with Gasteiger partial charge in [-0.15, -0.1) is 0 Å². The summed E-state index contributed by atoms with van der Waals surface area (Å²) in [5, 5.41) is 6.58. The Labute approximate surface area is 191 Å². The number of nitrogens with one attached hydrogen (secondary N) is 4. The van der Waals surface area contributed by atoms with Crippen molar-refractivity contribution < 1.29 is 0 Å². The molecule has 170 valence electrons. The second-order valence-electron chi connectivity index (χ2n) is 8.47. The molecule has 0 unspecified atom stereocenters. The van der Waals surface area contributed by atoms with E-state index in [1.807, 2.05) is 31.3 Å². The van der Waals surface area contributed by atoms with Gasteiger partial charge in [-0.25, -0.2) is 14.8 Å². The molecule has 10 nitrogen and oxygen atoms in total. The molecule has 1 aliphatic rings. The van der Waals surface area contributed by atoms with Gasteiger partial charge in [0, 0.05) is 43.6 Å². The first-order chi connectivity index (χ1) is 15.9. The number of pyridine rings is 1. The number of nitrogens with zero attached hydrogens (tertiary/aromatic N) is 5. The summed E-state index contributed by atoms with van der Waals surface area (Å²) in [7, 11) is 2.15. The van der Waals surface area contributed by atoms with E-state index in [-0.39, 0.29) is 5.69 Å². The second kappa shape index (κ2) is 8.55. The second-order valence-corrected chi connectivity index (χ2v) is 8.47. The maximum Gasteiger partial charge on any atom is 0.323 e. The molecule has 0 radical (unpaired) electrons. The van der Waals surface area contributed by atoms with Crippen LogP contribution in [0.2, 0.25) is 0 Å². The number of hydrogen-bond acceptors (Lipinski definition) is 8. The van der Waals surface area contributed by atoms with Crippen LogP contribution >= 0.6 is 0 Å². The molecular weight excluding hydrogens is 418 g/mol. The topological polar surface area (TPSA) is 118 Å². The highest BCUT2D eigenvalue weighted by molar-refractivity contribution is 5.80. The third-order valence-corrected chi connectivity index (χ3v) is 5.86. The Kier molecular flexibility index (Phi) is 5.43. The molecule has 4 aromatic rings. The molecule has 0 amide bonds. The molecule has 4 heterocycles. The first-order valence-electron chi connectivity index (χ1n) is 10.9. The van der Waals surface area contributed by atoms with Crippen LogP contribution in [0.25, 0.3) is 11.0 Å². The van der Waals surface area contributed by atoms with Gasteiger partial charge in [-0.05, 0) is 50.7 Å². The summed E-state index contributed by atoms with van der Waals surface area (Å²) in [6, 6.07) is 7.69. The number of likely N-dealkylation sites (N-methyl/N-ethyl adjacent to an activating group) is 1. The summed E-state index contributed by atoms with van der Waals surface area (Å²) < 4.78 is 0. The monoisotopic (exact) mass is 445 g/mol. The number of hydrogen-bond donors (Lipinski definition) is 4. The highest BCUT2D eigenvalue weighted by Gasteiger charge is 2.17. The minimum Gasteiger partial charge on any atom is -0.354 e. The number of aromatic amines is 2. The lowest BCUT2D eigenvalue weighted by molar-refractivity contribution is 0.312. The van der Waals surface area contributed by atoms with Gasteiger partial charge in [0.05, 0.1) is 22.9 Å². The molecule has 1 fully saturated rings. The van der Waals surface area contributed by atoms with Gasteiger partial charge in [-0.3, -0.25) is 0 Å². The Morgan fingerprint density at radius 1 is 0.879 bits per heavy atom. The highest BCUT2D eigenvalue weighted by Crippen LogP contribution is 2.25. The van der Waals surface area contributed by atoms with Crippen molar-refractivity contribution in [3.8, 4) is 0 Å². The predicted molar refractivity (Wildman–Crippen MR) is 131 cm³/mol. The van der Waals surface area contributed by atoms with Crippen molar-refractivity contribution in [3.05, 3.63) is 58.3 Å². The summed E-state index contributed by atoms with van der Waals surface area (Å²) in [6.45, 7) is 8.07. The zero-order chi connectivity index (χ0) is 22.9. The third-order valence-electron chi connectivity index (χ3n) is 5.86. The molecule has 0 saturated carbocycles. The van der Waals surface area contributed by atoms with Crippen molar-refractivity contribution in [1.29, 1.82) is 0 Å². The van der Waals surface area contributed by atoms with Crippen LogP contribution in [0.1, 0.15) is 11.1 Å². The largest absolute Gasteiger partial charge is 0.354 e. The quantitative estimate of drug-likeness (QED) is 0.370. The summed E-state index contributed by atoms with van der Waals surface area (Å²) in [4.78, 5) is 35.5. The number of anilines is 5. The Hall–Kier alpha value is -3.92. The van der Waals surface area contributed by atoms with Crippen LogP contribution in [0, 0.1) is 13.8 Å². The van der Waals surface area contributed by atoms with E-state index in [0.29, 0.717) is 11.8 Å². The van der Waals surface area contributed by atoms with E-state index in [2.05, 4.69) is 60.4 Å². The molecule has 1 aliphatic heterocycles. The zero-order valence-corrected chi connectivity index (χ0v) is 18.9. The lowest BCUT2D eigenvalue weighted by atomic mass is 10.2. The number of aryl methyl sites for hydroxylation is 2. The molecule has 3 aromatic heterocycles. The minimum absolute atomic E-state index is 0.227. The summed E-state index contributed by atoms with van der Waals surface area (Å²) in [5.41, 5.74) is 4.94. The lowest BCUT2D eigenvalue weighted by Gasteiger charge is -2.34. The van der Waals surface area contributed by atoms with Crippen LogP contribution < -0.4 is 21.2 Å². The first kappa shape index (κ1) is 21.0. The normalized spacial score (nSPS) is 14.6. The Balaban J connectivity index is 1.33. The van der Waals surface area contributed by atoms with Gasteiger partial charge in [-0.2, -0.15) is 4.98 Å². The fraction of sp³-hybridized carbons (Fsp3) is 0.304. The van der Waals surface area contributed by atoms with E-state index in [0.717, 1.165) is 65.5 Å². The molecule has 1 aromatic carbocycles. The molecule has 0 spiro atoms.